The van der Waals surface area contributed by atoms with Crippen LogP contribution in [0.1, 0.15) is 42.4 Å². The summed E-state index contributed by atoms with van der Waals surface area (Å²) in [4.78, 5) is 29.7. The van der Waals surface area contributed by atoms with E-state index < -0.39 is 11.6 Å². The molecule has 1 N–H and O–H groups in total. The molecule has 1 aliphatic heterocycles. The van der Waals surface area contributed by atoms with Crippen LogP contribution >= 0.6 is 0 Å². The quantitative estimate of drug-likeness (QED) is 0.832. The number of benzene rings is 1. The summed E-state index contributed by atoms with van der Waals surface area (Å²) in [5.74, 6) is 0.222. The number of hydrogen-bond acceptors (Lipinski definition) is 5. The van der Waals surface area contributed by atoms with Crippen molar-refractivity contribution in [3.05, 3.63) is 29.0 Å². The first-order valence-electron chi connectivity index (χ1n) is 8.52. The Hall–Kier alpha value is -2.70. The second-order valence-electron chi connectivity index (χ2n) is 7.29. The molecule has 0 spiro atoms. The number of carbonyl (C=O) groups excluding carboxylic acids is 2. The molecule has 0 radical (unpaired) electrons. The van der Waals surface area contributed by atoms with Gasteiger partial charge in [-0.25, -0.2) is 9.59 Å². The van der Waals surface area contributed by atoms with Crippen molar-refractivity contribution >= 4 is 23.0 Å². The highest BCUT2D eigenvalue weighted by molar-refractivity contribution is 6.07. The summed E-state index contributed by atoms with van der Waals surface area (Å²) < 4.78 is 15.8. The number of nitrogens with one attached hydrogen (secondary N) is 1. The third-order valence-corrected chi connectivity index (χ3v) is 4.37. The Morgan fingerprint density at radius 3 is 2.54 bits per heavy atom. The molecule has 2 aromatic rings. The number of ether oxygens (including phenoxy) is 3. The summed E-state index contributed by atoms with van der Waals surface area (Å²) in [7, 11) is 2.93. The van der Waals surface area contributed by atoms with Crippen LogP contribution in [0.25, 0.3) is 10.9 Å². The summed E-state index contributed by atoms with van der Waals surface area (Å²) in [6, 6.07) is 3.43. The predicted octanol–water partition coefficient (Wildman–Crippen LogP) is 3.26. The van der Waals surface area contributed by atoms with Crippen LogP contribution in [0.5, 0.6) is 5.75 Å². The van der Waals surface area contributed by atoms with Gasteiger partial charge in [0.15, 0.2) is 0 Å². The lowest BCUT2D eigenvalue weighted by Gasteiger charge is -2.30. The molecule has 26 heavy (non-hydrogen) atoms. The first kappa shape index (κ1) is 18.1. The van der Waals surface area contributed by atoms with Gasteiger partial charge in [-0.3, -0.25) is 0 Å². The average Bonchev–Trinajstić information content (AvgIpc) is 2.97. The van der Waals surface area contributed by atoms with Gasteiger partial charge in [0, 0.05) is 29.6 Å². The summed E-state index contributed by atoms with van der Waals surface area (Å²) in [6.07, 6.45) is 0.285. The molecule has 0 unspecified atom stereocenters. The van der Waals surface area contributed by atoms with Crippen molar-refractivity contribution in [2.24, 2.45) is 0 Å². The average molecular weight is 360 g/mol. The van der Waals surface area contributed by atoms with Crippen LogP contribution in [-0.2, 0) is 22.4 Å². The van der Waals surface area contributed by atoms with E-state index in [1.807, 2.05) is 20.8 Å². The van der Waals surface area contributed by atoms with E-state index in [1.54, 1.807) is 24.1 Å². The van der Waals surface area contributed by atoms with Crippen LogP contribution in [0.3, 0.4) is 0 Å². The number of aromatic amines is 1. The topological polar surface area (TPSA) is 80.9 Å². The zero-order valence-electron chi connectivity index (χ0n) is 15.8. The maximum absolute atomic E-state index is 12.5. The van der Waals surface area contributed by atoms with Crippen molar-refractivity contribution in [2.45, 2.75) is 39.3 Å². The highest BCUT2D eigenvalue weighted by Crippen LogP contribution is 2.36. The van der Waals surface area contributed by atoms with Crippen LogP contribution in [0.4, 0.5) is 4.79 Å². The summed E-state index contributed by atoms with van der Waals surface area (Å²) in [6.45, 7) is 6.43. The molecule has 0 aliphatic carbocycles. The lowest BCUT2D eigenvalue weighted by molar-refractivity contribution is 0.0224. The lowest BCUT2D eigenvalue weighted by Crippen LogP contribution is -2.39. The second kappa shape index (κ2) is 6.55. The largest absolute Gasteiger partial charge is 0.495 e. The van der Waals surface area contributed by atoms with Gasteiger partial charge in [-0.05, 0) is 32.9 Å². The minimum absolute atomic E-state index is 0.361. The Bertz CT molecular complexity index is 863. The molecule has 0 saturated carbocycles. The van der Waals surface area contributed by atoms with Gasteiger partial charge in [0.2, 0.25) is 0 Å². The molecule has 1 aromatic carbocycles. The Morgan fingerprint density at radius 2 is 1.92 bits per heavy atom. The van der Waals surface area contributed by atoms with E-state index in [9.17, 15) is 9.59 Å². The number of fused-ring (bicyclic) bond motifs is 3. The van der Waals surface area contributed by atoms with Crippen LogP contribution in [-0.4, -0.2) is 48.3 Å². The van der Waals surface area contributed by atoms with E-state index in [1.165, 1.54) is 7.11 Å². The molecule has 2 heterocycles. The monoisotopic (exact) mass is 360 g/mol. The fourth-order valence-corrected chi connectivity index (χ4v) is 3.24. The molecular formula is C19H24N2O5. The molecule has 0 atom stereocenters. The summed E-state index contributed by atoms with van der Waals surface area (Å²) >= 11 is 0. The number of hydrogen-bond donors (Lipinski definition) is 1. The van der Waals surface area contributed by atoms with Gasteiger partial charge >= 0.3 is 12.1 Å². The van der Waals surface area contributed by atoms with Crippen LogP contribution in [0.2, 0.25) is 0 Å². The van der Waals surface area contributed by atoms with E-state index in [0.29, 0.717) is 30.8 Å². The van der Waals surface area contributed by atoms with E-state index in [-0.39, 0.29) is 6.09 Å². The minimum Gasteiger partial charge on any atom is -0.495 e. The third kappa shape index (κ3) is 3.21. The molecule has 140 valence electrons. The zero-order valence-corrected chi connectivity index (χ0v) is 15.8. The molecule has 0 saturated heterocycles. The summed E-state index contributed by atoms with van der Waals surface area (Å²) in [5, 5.41) is 0.736. The van der Waals surface area contributed by atoms with Gasteiger partial charge in [0.25, 0.3) is 0 Å². The fourth-order valence-electron chi connectivity index (χ4n) is 3.24. The molecule has 0 fully saturated rings. The van der Waals surface area contributed by atoms with Gasteiger partial charge in [0.05, 0.1) is 31.8 Å². The fraction of sp³-hybridized carbons (Fsp3) is 0.474. The minimum atomic E-state index is -0.558. The molecule has 3 rings (SSSR count). The number of carbonyl (C=O) groups is 2. The van der Waals surface area contributed by atoms with Crippen LogP contribution < -0.4 is 4.74 Å². The normalized spacial score (nSPS) is 14.1. The zero-order chi connectivity index (χ0) is 19.1. The number of amides is 1. The van der Waals surface area contributed by atoms with Gasteiger partial charge in [-0.1, -0.05) is 0 Å². The van der Waals surface area contributed by atoms with Crippen LogP contribution in [0, 0.1) is 0 Å². The lowest BCUT2D eigenvalue weighted by atomic mass is 10.0. The number of H-pyrrole nitrogens is 1. The van der Waals surface area contributed by atoms with E-state index in [4.69, 9.17) is 14.2 Å². The van der Waals surface area contributed by atoms with Crippen LogP contribution in [0.15, 0.2) is 12.1 Å². The molecule has 7 nitrogen and oxygen atoms in total. The Labute approximate surface area is 152 Å². The van der Waals surface area contributed by atoms with Crippen molar-refractivity contribution < 1.29 is 23.8 Å². The van der Waals surface area contributed by atoms with Crippen molar-refractivity contribution in [1.82, 2.24) is 9.88 Å². The maximum atomic E-state index is 12.5. The smallest absolute Gasteiger partial charge is 0.410 e. The van der Waals surface area contributed by atoms with Crippen molar-refractivity contribution in [2.75, 3.05) is 20.8 Å². The first-order valence-corrected chi connectivity index (χ1v) is 8.52. The number of aromatic nitrogens is 1. The van der Waals surface area contributed by atoms with E-state index in [0.717, 1.165) is 22.2 Å². The van der Waals surface area contributed by atoms with Gasteiger partial charge in [0.1, 0.15) is 11.4 Å². The summed E-state index contributed by atoms with van der Waals surface area (Å²) in [5.41, 5.74) is 2.53. The van der Waals surface area contributed by atoms with Crippen molar-refractivity contribution in [3.8, 4) is 5.75 Å². The predicted molar refractivity (Wildman–Crippen MR) is 96.5 cm³/mol. The molecule has 1 aliphatic rings. The number of esters is 1. The third-order valence-electron chi connectivity index (χ3n) is 4.37. The van der Waals surface area contributed by atoms with Gasteiger partial charge in [-0.15, -0.1) is 0 Å². The SMILES string of the molecule is COC(=O)c1ccc(OC)c2[nH]c3c(c12)CN(C(=O)OC(C)(C)C)CC3. The number of rotatable bonds is 2. The second-order valence-corrected chi connectivity index (χ2v) is 7.29. The van der Waals surface area contributed by atoms with Gasteiger partial charge < -0.3 is 24.1 Å². The van der Waals surface area contributed by atoms with Gasteiger partial charge in [-0.2, -0.15) is 0 Å². The number of nitrogens with zero attached hydrogens (tertiary/aromatic N) is 1. The maximum Gasteiger partial charge on any atom is 0.410 e. The first-order chi connectivity index (χ1) is 12.2. The van der Waals surface area contributed by atoms with E-state index >= 15 is 0 Å². The molecular weight excluding hydrogens is 336 g/mol. The van der Waals surface area contributed by atoms with E-state index in [2.05, 4.69) is 4.98 Å². The Morgan fingerprint density at radius 1 is 1.19 bits per heavy atom. The Balaban J connectivity index is 2.06. The molecule has 7 heteroatoms. The Kier molecular flexibility index (Phi) is 4.56. The standard InChI is InChI=1S/C19H24N2O5/c1-19(2,3)26-18(23)21-9-8-13-12(10-21)15-11(17(22)25-5)6-7-14(24-4)16(15)20-13/h6-7,20H,8-10H2,1-5H3. The highest BCUT2D eigenvalue weighted by atomic mass is 16.6. The highest BCUT2D eigenvalue weighted by Gasteiger charge is 2.30. The van der Waals surface area contributed by atoms with Crippen molar-refractivity contribution in [3.63, 3.8) is 0 Å². The number of methoxy groups -OCH3 is 2. The molecule has 0 bridgehead atoms. The molecule has 1 aromatic heterocycles. The van der Waals surface area contributed by atoms with Crippen molar-refractivity contribution in [1.29, 1.82) is 0 Å². The molecule has 1 amide bonds.